The summed E-state index contributed by atoms with van der Waals surface area (Å²) in [4.78, 5) is 21.1. The maximum Gasteiger partial charge on any atom is 0.227 e. The van der Waals surface area contributed by atoms with Crippen LogP contribution in [0, 0.1) is 18.3 Å². The summed E-state index contributed by atoms with van der Waals surface area (Å²) in [6, 6.07) is 3.74. The molecule has 29 heavy (non-hydrogen) atoms. The Bertz CT molecular complexity index is 667. The van der Waals surface area contributed by atoms with Crippen LogP contribution in [0.2, 0.25) is 0 Å². The van der Waals surface area contributed by atoms with Gasteiger partial charge in [-0.2, -0.15) is 0 Å². The highest BCUT2D eigenvalue weighted by molar-refractivity contribution is 5.90. The Morgan fingerprint density at radius 3 is 2.76 bits per heavy atom. The lowest BCUT2D eigenvalue weighted by molar-refractivity contribution is -0.116. The Balaban J connectivity index is 1.83. The van der Waals surface area contributed by atoms with Gasteiger partial charge in [-0.15, -0.1) is 0 Å². The zero-order chi connectivity index (χ0) is 21.3. The average Bonchev–Trinajstić information content (AvgIpc) is 2.67. The van der Waals surface area contributed by atoms with Gasteiger partial charge in [-0.1, -0.05) is 26.8 Å². The fraction of sp³-hybridized carbons (Fsp3) is 0.682. The van der Waals surface area contributed by atoms with Crippen LogP contribution in [0.25, 0.3) is 0 Å². The second-order valence-corrected chi connectivity index (χ2v) is 8.73. The van der Waals surface area contributed by atoms with Crippen LogP contribution >= 0.6 is 0 Å². The number of pyridine rings is 1. The summed E-state index contributed by atoms with van der Waals surface area (Å²) >= 11 is 0. The number of hydrogen-bond acceptors (Lipinski definition) is 4. The van der Waals surface area contributed by atoms with Crippen molar-refractivity contribution in [2.24, 2.45) is 16.3 Å². The van der Waals surface area contributed by atoms with Crippen LogP contribution in [0.3, 0.4) is 0 Å². The van der Waals surface area contributed by atoms with Gasteiger partial charge in [-0.05, 0) is 43.7 Å². The first kappa shape index (κ1) is 23.1. The number of amides is 1. The number of carbonyl (C=O) groups excluding carboxylic acids is 1. The molecule has 0 radical (unpaired) electrons. The minimum atomic E-state index is -0.0711. The van der Waals surface area contributed by atoms with E-state index in [-0.39, 0.29) is 17.4 Å². The number of aryl methyl sites for hydroxylation is 1. The Morgan fingerprint density at radius 2 is 2.10 bits per heavy atom. The van der Waals surface area contributed by atoms with Gasteiger partial charge in [-0.3, -0.25) is 9.79 Å². The van der Waals surface area contributed by atoms with Crippen LogP contribution in [0.5, 0.6) is 0 Å². The summed E-state index contributed by atoms with van der Waals surface area (Å²) in [7, 11) is 0. The van der Waals surface area contributed by atoms with Crippen LogP contribution in [0.15, 0.2) is 23.3 Å². The predicted octanol–water partition coefficient (Wildman–Crippen LogP) is 3.12. The van der Waals surface area contributed by atoms with E-state index >= 15 is 0 Å². The van der Waals surface area contributed by atoms with Gasteiger partial charge in [0.05, 0.1) is 6.10 Å². The van der Waals surface area contributed by atoms with Crippen LogP contribution in [0.4, 0.5) is 5.82 Å². The number of guanidine groups is 1. The Morgan fingerprint density at radius 1 is 1.31 bits per heavy atom. The molecule has 0 saturated carbocycles. The Hall–Kier alpha value is -2.15. The summed E-state index contributed by atoms with van der Waals surface area (Å²) < 4.78 is 6.05. The number of anilines is 1. The molecular formula is C22H37N5O2. The third-order valence-corrected chi connectivity index (χ3v) is 4.95. The van der Waals surface area contributed by atoms with E-state index in [1.54, 1.807) is 6.20 Å². The SMILES string of the molecule is CCNC(=NCC1CCCOC1C(C)(C)C)NCCC(=O)Nc1ccc(C)cn1. The standard InChI is InChI=1S/C22H37N5O2/c1-6-23-21(26-15-17-8-7-13-29-20(17)22(3,4)5)24-12-11-19(28)27-18-10-9-16(2)14-25-18/h9-10,14,17,20H,6-8,11-13,15H2,1-5H3,(H2,23,24,26)(H,25,27,28). The zero-order valence-corrected chi connectivity index (χ0v) is 18.5. The molecule has 2 heterocycles. The van der Waals surface area contributed by atoms with Gasteiger partial charge in [0.1, 0.15) is 5.82 Å². The molecule has 162 valence electrons. The van der Waals surface area contributed by atoms with Crippen LogP contribution < -0.4 is 16.0 Å². The predicted molar refractivity (Wildman–Crippen MR) is 118 cm³/mol. The number of carbonyl (C=O) groups is 1. The van der Waals surface area contributed by atoms with Gasteiger partial charge in [0.2, 0.25) is 5.91 Å². The average molecular weight is 404 g/mol. The fourth-order valence-corrected chi connectivity index (χ4v) is 3.58. The molecule has 2 atom stereocenters. The van der Waals surface area contributed by atoms with Crippen molar-refractivity contribution in [1.29, 1.82) is 0 Å². The van der Waals surface area contributed by atoms with Gasteiger partial charge in [0.15, 0.2) is 5.96 Å². The summed E-state index contributed by atoms with van der Waals surface area (Å²) in [6.45, 7) is 13.5. The van der Waals surface area contributed by atoms with E-state index in [0.717, 1.165) is 44.1 Å². The second kappa shape index (κ2) is 11.1. The van der Waals surface area contributed by atoms with Crippen LogP contribution in [-0.4, -0.2) is 49.2 Å². The third-order valence-electron chi connectivity index (χ3n) is 4.95. The molecule has 1 saturated heterocycles. The molecule has 7 heteroatoms. The molecule has 3 N–H and O–H groups in total. The number of aromatic nitrogens is 1. The van der Waals surface area contributed by atoms with E-state index in [2.05, 4.69) is 41.7 Å². The fourth-order valence-electron chi connectivity index (χ4n) is 3.58. The van der Waals surface area contributed by atoms with E-state index < -0.39 is 0 Å². The number of rotatable bonds is 7. The number of hydrogen-bond donors (Lipinski definition) is 3. The molecule has 0 spiro atoms. The van der Waals surface area contributed by atoms with Crippen molar-refractivity contribution in [3.05, 3.63) is 23.9 Å². The minimum Gasteiger partial charge on any atom is -0.377 e. The molecule has 2 unspecified atom stereocenters. The highest BCUT2D eigenvalue weighted by atomic mass is 16.5. The first-order valence-corrected chi connectivity index (χ1v) is 10.7. The van der Waals surface area contributed by atoms with Crippen molar-refractivity contribution in [3.63, 3.8) is 0 Å². The Kier molecular flexibility index (Phi) is 8.89. The molecule has 0 bridgehead atoms. The van der Waals surface area contributed by atoms with Crippen molar-refractivity contribution < 1.29 is 9.53 Å². The molecule has 0 aromatic carbocycles. The molecule has 2 rings (SSSR count). The van der Waals surface area contributed by atoms with Gasteiger partial charge in [-0.25, -0.2) is 4.98 Å². The zero-order valence-electron chi connectivity index (χ0n) is 18.5. The summed E-state index contributed by atoms with van der Waals surface area (Å²) in [6.07, 6.45) is 4.53. The topological polar surface area (TPSA) is 87.6 Å². The number of ether oxygens (including phenoxy) is 1. The third kappa shape index (κ3) is 8.01. The first-order valence-electron chi connectivity index (χ1n) is 10.7. The van der Waals surface area contributed by atoms with Crippen molar-refractivity contribution in [2.45, 2.75) is 60.0 Å². The molecule has 1 aromatic rings. The molecule has 1 aliphatic heterocycles. The maximum atomic E-state index is 12.1. The molecule has 1 aromatic heterocycles. The summed E-state index contributed by atoms with van der Waals surface area (Å²) in [5.41, 5.74) is 1.17. The molecule has 7 nitrogen and oxygen atoms in total. The second-order valence-electron chi connectivity index (χ2n) is 8.73. The number of nitrogens with zero attached hydrogens (tertiary/aromatic N) is 2. The largest absolute Gasteiger partial charge is 0.377 e. The molecule has 0 aliphatic carbocycles. The van der Waals surface area contributed by atoms with E-state index in [9.17, 15) is 4.79 Å². The highest BCUT2D eigenvalue weighted by Gasteiger charge is 2.35. The highest BCUT2D eigenvalue weighted by Crippen LogP contribution is 2.34. The summed E-state index contributed by atoms with van der Waals surface area (Å²) in [5.74, 6) is 1.66. The van der Waals surface area contributed by atoms with Crippen molar-refractivity contribution in [3.8, 4) is 0 Å². The van der Waals surface area contributed by atoms with E-state index in [0.29, 0.717) is 24.7 Å². The Labute approximate surface area is 175 Å². The van der Waals surface area contributed by atoms with Gasteiger partial charge in [0.25, 0.3) is 0 Å². The smallest absolute Gasteiger partial charge is 0.227 e. The molecular weight excluding hydrogens is 366 g/mol. The van der Waals surface area contributed by atoms with Gasteiger partial charge in [0, 0.05) is 44.8 Å². The lowest BCUT2D eigenvalue weighted by Crippen LogP contribution is -2.43. The number of aliphatic imine (C=N–C) groups is 1. The lowest BCUT2D eigenvalue weighted by Gasteiger charge is -2.39. The van der Waals surface area contributed by atoms with Crippen LogP contribution in [-0.2, 0) is 9.53 Å². The molecule has 1 aliphatic rings. The van der Waals surface area contributed by atoms with E-state index in [1.165, 1.54) is 0 Å². The number of nitrogens with one attached hydrogen (secondary N) is 3. The van der Waals surface area contributed by atoms with Gasteiger partial charge < -0.3 is 20.7 Å². The van der Waals surface area contributed by atoms with E-state index in [1.807, 2.05) is 26.0 Å². The quantitative estimate of drug-likeness (QED) is 0.481. The van der Waals surface area contributed by atoms with Gasteiger partial charge >= 0.3 is 0 Å². The minimum absolute atomic E-state index is 0.0711. The lowest BCUT2D eigenvalue weighted by atomic mass is 9.78. The normalized spacial score (nSPS) is 20.2. The van der Waals surface area contributed by atoms with Crippen molar-refractivity contribution in [1.82, 2.24) is 15.6 Å². The van der Waals surface area contributed by atoms with Crippen molar-refractivity contribution >= 4 is 17.7 Å². The van der Waals surface area contributed by atoms with Crippen molar-refractivity contribution in [2.75, 3.05) is 31.6 Å². The first-order chi connectivity index (χ1) is 13.8. The van der Waals surface area contributed by atoms with Crippen LogP contribution in [0.1, 0.15) is 52.5 Å². The maximum absolute atomic E-state index is 12.1. The molecule has 1 fully saturated rings. The monoisotopic (exact) mass is 403 g/mol. The molecule has 1 amide bonds. The summed E-state index contributed by atoms with van der Waals surface area (Å²) in [5, 5.41) is 9.33. The van der Waals surface area contributed by atoms with E-state index in [4.69, 9.17) is 9.73 Å².